The average Bonchev–Trinajstić information content (AvgIpc) is 3.20. The fourth-order valence-corrected chi connectivity index (χ4v) is 5.23. The summed E-state index contributed by atoms with van der Waals surface area (Å²) in [6.45, 7) is -0.976. The van der Waals surface area contributed by atoms with E-state index < -0.39 is 122 Å². The van der Waals surface area contributed by atoms with Crippen LogP contribution in [-0.4, -0.2) is 155 Å². The summed E-state index contributed by atoms with van der Waals surface area (Å²) in [5.41, 5.74) is 22.9. The number of hydrogen-bond acceptors (Lipinski definition) is 15. The number of aliphatic hydroxyl groups is 4. The molecule has 0 saturated heterocycles. The van der Waals surface area contributed by atoms with Crippen LogP contribution in [0.2, 0.25) is 0 Å². The summed E-state index contributed by atoms with van der Waals surface area (Å²) in [5.74, 6) is -8.14. The molecule has 336 valence electrons. The molecule has 0 aromatic heterocycles. The Morgan fingerprint density at radius 2 is 1.10 bits per heavy atom. The molecular formula is C36H59N11O13. The zero-order chi connectivity index (χ0) is 45.4. The monoisotopic (exact) mass is 853 g/mol. The Labute approximate surface area is 345 Å². The quantitative estimate of drug-likeness (QED) is 0.0333. The average molecular weight is 854 g/mol. The third kappa shape index (κ3) is 19.8. The summed E-state index contributed by atoms with van der Waals surface area (Å²) in [4.78, 5) is 111. The standard InChI is InChI=1S/C36H59N11O13/c1-19(51)29(36(60)43-23(15-27(39)52)34(58)44-24(16-48)30(40)54)47-35(59)26(18-50)46-31(55)21(37)10-7-11-28(53)41-12-5-6-13-42-33(57)25(17-49)45-32(56)22(38)14-20-8-3-2-4-9-20/h2-4,8-9,19,21-26,29,48-51H,5-7,10-18,37-38H2,1H3,(H2,39,52)(H2,40,54)(H,41,53)(H,42,57)(H,43,60)(H,44,58)(H,45,56)(H,46,55)(H,47,59)/t19-,21+,22+,23-,24-,25+,26-,29-/m1/s1. The number of nitrogens with two attached hydrogens (primary N) is 4. The molecule has 0 radical (unpaired) electrons. The second-order valence-corrected chi connectivity index (χ2v) is 13.7. The highest BCUT2D eigenvalue weighted by molar-refractivity contribution is 5.97. The molecule has 0 saturated carbocycles. The smallest absolute Gasteiger partial charge is 0.245 e. The van der Waals surface area contributed by atoms with Gasteiger partial charge in [-0.25, -0.2) is 0 Å². The largest absolute Gasteiger partial charge is 0.394 e. The maximum absolute atomic E-state index is 13.0. The van der Waals surface area contributed by atoms with E-state index in [0.29, 0.717) is 12.8 Å². The van der Waals surface area contributed by atoms with Gasteiger partial charge in [-0.3, -0.25) is 43.2 Å². The molecule has 0 aliphatic heterocycles. The van der Waals surface area contributed by atoms with Crippen molar-refractivity contribution in [1.82, 2.24) is 37.2 Å². The summed E-state index contributed by atoms with van der Waals surface area (Å²) in [7, 11) is 0. The van der Waals surface area contributed by atoms with Crippen LogP contribution in [0.25, 0.3) is 0 Å². The van der Waals surface area contributed by atoms with Gasteiger partial charge in [-0.05, 0) is 44.6 Å². The molecule has 1 rings (SSSR count). The van der Waals surface area contributed by atoms with Gasteiger partial charge >= 0.3 is 0 Å². The van der Waals surface area contributed by atoms with Crippen molar-refractivity contribution in [2.75, 3.05) is 32.9 Å². The van der Waals surface area contributed by atoms with Gasteiger partial charge in [0.1, 0.15) is 30.2 Å². The van der Waals surface area contributed by atoms with Gasteiger partial charge in [0, 0.05) is 19.5 Å². The van der Waals surface area contributed by atoms with E-state index in [1.54, 1.807) is 0 Å². The molecule has 60 heavy (non-hydrogen) atoms. The molecule has 9 amide bonds. The van der Waals surface area contributed by atoms with Gasteiger partial charge in [0.25, 0.3) is 0 Å². The minimum atomic E-state index is -1.81. The van der Waals surface area contributed by atoms with Crippen molar-refractivity contribution in [3.05, 3.63) is 35.9 Å². The van der Waals surface area contributed by atoms with Crippen molar-refractivity contribution < 1.29 is 63.6 Å². The summed E-state index contributed by atoms with van der Waals surface area (Å²) in [6, 6.07) is -1.08. The number of primary amides is 2. The van der Waals surface area contributed by atoms with Crippen molar-refractivity contribution in [3.8, 4) is 0 Å². The van der Waals surface area contributed by atoms with Crippen molar-refractivity contribution in [1.29, 1.82) is 0 Å². The Balaban J connectivity index is 2.50. The molecule has 1 aromatic carbocycles. The molecule has 0 bridgehead atoms. The van der Waals surface area contributed by atoms with E-state index in [9.17, 15) is 63.6 Å². The Hall–Kier alpha value is -5.79. The highest BCUT2D eigenvalue weighted by atomic mass is 16.3. The minimum Gasteiger partial charge on any atom is -0.394 e. The van der Waals surface area contributed by atoms with E-state index in [1.165, 1.54) is 0 Å². The fourth-order valence-electron chi connectivity index (χ4n) is 5.23. The predicted molar refractivity (Wildman–Crippen MR) is 211 cm³/mol. The molecule has 0 spiro atoms. The molecule has 0 aliphatic carbocycles. The van der Waals surface area contributed by atoms with Crippen LogP contribution < -0.4 is 60.2 Å². The van der Waals surface area contributed by atoms with E-state index in [2.05, 4.69) is 31.9 Å². The number of nitrogens with one attached hydrogen (secondary N) is 7. The minimum absolute atomic E-state index is 0.0142. The summed E-state index contributed by atoms with van der Waals surface area (Å²) in [5, 5.41) is 55.0. The summed E-state index contributed by atoms with van der Waals surface area (Å²) >= 11 is 0. The first-order chi connectivity index (χ1) is 28.3. The van der Waals surface area contributed by atoms with Crippen LogP contribution in [0.15, 0.2) is 30.3 Å². The molecule has 0 aliphatic rings. The van der Waals surface area contributed by atoms with Gasteiger partial charge in [-0.1, -0.05) is 30.3 Å². The van der Waals surface area contributed by atoms with Gasteiger partial charge in [0.05, 0.1) is 44.4 Å². The lowest BCUT2D eigenvalue weighted by Gasteiger charge is -2.26. The predicted octanol–water partition coefficient (Wildman–Crippen LogP) is -7.79. The zero-order valence-corrected chi connectivity index (χ0v) is 33.3. The lowest BCUT2D eigenvalue weighted by molar-refractivity contribution is -0.137. The van der Waals surface area contributed by atoms with E-state index in [1.807, 2.05) is 35.6 Å². The van der Waals surface area contributed by atoms with Gasteiger partial charge in [0.2, 0.25) is 53.2 Å². The third-order valence-corrected chi connectivity index (χ3v) is 8.69. The number of hydrogen-bond donors (Lipinski definition) is 15. The highest BCUT2D eigenvalue weighted by Gasteiger charge is 2.34. The number of carbonyl (C=O) groups excluding carboxylic acids is 9. The van der Waals surface area contributed by atoms with Crippen LogP contribution in [0.3, 0.4) is 0 Å². The fraction of sp³-hybridized carbons (Fsp3) is 0.583. The van der Waals surface area contributed by atoms with Crippen molar-refractivity contribution in [3.63, 3.8) is 0 Å². The molecule has 1 aromatic rings. The first kappa shape index (κ1) is 52.2. The Bertz CT molecular complexity index is 1600. The summed E-state index contributed by atoms with van der Waals surface area (Å²) in [6.07, 6.45) is -1.14. The number of carbonyl (C=O) groups is 9. The van der Waals surface area contributed by atoms with E-state index in [-0.39, 0.29) is 44.7 Å². The summed E-state index contributed by atoms with van der Waals surface area (Å²) < 4.78 is 0. The molecule has 8 atom stereocenters. The van der Waals surface area contributed by atoms with Crippen molar-refractivity contribution in [2.45, 2.75) is 100 Å². The van der Waals surface area contributed by atoms with Crippen molar-refractivity contribution in [2.24, 2.45) is 22.9 Å². The Morgan fingerprint density at radius 1 is 0.600 bits per heavy atom. The van der Waals surface area contributed by atoms with Crippen LogP contribution >= 0.6 is 0 Å². The normalized spacial score (nSPS) is 14.9. The van der Waals surface area contributed by atoms with Crippen LogP contribution in [-0.2, 0) is 49.6 Å². The highest BCUT2D eigenvalue weighted by Crippen LogP contribution is 2.04. The van der Waals surface area contributed by atoms with Crippen LogP contribution in [0.4, 0.5) is 0 Å². The topological polar surface area (TPSA) is 423 Å². The van der Waals surface area contributed by atoms with E-state index in [0.717, 1.165) is 12.5 Å². The zero-order valence-electron chi connectivity index (χ0n) is 33.3. The molecule has 0 fully saturated rings. The molecule has 0 unspecified atom stereocenters. The van der Waals surface area contributed by atoms with Crippen LogP contribution in [0.1, 0.15) is 51.0 Å². The third-order valence-electron chi connectivity index (χ3n) is 8.69. The van der Waals surface area contributed by atoms with Crippen molar-refractivity contribution >= 4 is 53.2 Å². The van der Waals surface area contributed by atoms with Gasteiger partial charge in [-0.15, -0.1) is 0 Å². The SMILES string of the molecule is C[C@@H](O)[C@@H](NC(=O)[C@@H](CO)NC(=O)[C@@H](N)CCCC(=O)NCCCCNC(=O)[C@H](CO)NC(=O)[C@@H](N)Cc1ccccc1)C(=O)N[C@H](CC(N)=O)C(=O)N[C@H](CO)C(N)=O. The first-order valence-electron chi connectivity index (χ1n) is 19.0. The number of aliphatic hydroxyl groups excluding tert-OH is 4. The van der Waals surface area contributed by atoms with Gasteiger partial charge < -0.3 is 80.6 Å². The molecule has 24 heteroatoms. The Morgan fingerprint density at radius 3 is 1.63 bits per heavy atom. The maximum atomic E-state index is 13.0. The van der Waals surface area contributed by atoms with Gasteiger partial charge in [-0.2, -0.15) is 0 Å². The second kappa shape index (κ2) is 27.8. The lowest BCUT2D eigenvalue weighted by Crippen LogP contribution is -2.62. The first-order valence-corrected chi connectivity index (χ1v) is 19.0. The maximum Gasteiger partial charge on any atom is 0.245 e. The van der Waals surface area contributed by atoms with E-state index >= 15 is 0 Å². The molecule has 24 nitrogen and oxygen atoms in total. The van der Waals surface area contributed by atoms with E-state index in [4.69, 9.17) is 22.9 Å². The van der Waals surface area contributed by atoms with Crippen LogP contribution in [0, 0.1) is 0 Å². The molecule has 19 N–H and O–H groups in total. The lowest BCUT2D eigenvalue weighted by atomic mass is 10.1. The molecular weight excluding hydrogens is 794 g/mol. The Kier molecular flexibility index (Phi) is 24.2. The number of benzene rings is 1. The number of amides is 9. The number of unbranched alkanes of at least 4 members (excludes halogenated alkanes) is 1. The van der Waals surface area contributed by atoms with Gasteiger partial charge in [0.15, 0.2) is 0 Å². The second-order valence-electron chi connectivity index (χ2n) is 13.7. The number of rotatable bonds is 29. The molecule has 0 heterocycles. The van der Waals surface area contributed by atoms with Crippen LogP contribution in [0.5, 0.6) is 0 Å².